The van der Waals surface area contributed by atoms with Crippen LogP contribution in [0.25, 0.3) is 0 Å². The van der Waals surface area contributed by atoms with Crippen molar-refractivity contribution in [1.29, 1.82) is 0 Å². The third-order valence-electron chi connectivity index (χ3n) is 5.16. The Morgan fingerprint density at radius 1 is 1.12 bits per heavy atom. The number of carboxylic acids is 1. The van der Waals surface area contributed by atoms with Gasteiger partial charge in [-0.05, 0) is 65.2 Å². The van der Waals surface area contributed by atoms with E-state index in [1.807, 2.05) is 20.8 Å². The number of carboxylic acid groups (broad SMARTS) is 1. The van der Waals surface area contributed by atoms with Gasteiger partial charge in [-0.2, -0.15) is 0 Å². The lowest BCUT2D eigenvalue weighted by Crippen LogP contribution is -2.44. The Balaban J connectivity index is 1.73. The van der Waals surface area contributed by atoms with Crippen LogP contribution in [-0.2, 0) is 14.3 Å². The zero-order valence-electron chi connectivity index (χ0n) is 16.2. The number of hydrogen-bond acceptors (Lipinski definition) is 4. The third-order valence-corrected chi connectivity index (χ3v) is 5.16. The summed E-state index contributed by atoms with van der Waals surface area (Å²) in [6, 6.07) is 0. The van der Waals surface area contributed by atoms with Gasteiger partial charge in [0.25, 0.3) is 0 Å². The summed E-state index contributed by atoms with van der Waals surface area (Å²) in [5, 5.41) is 8.91. The van der Waals surface area contributed by atoms with Crippen LogP contribution >= 0.6 is 0 Å². The maximum Gasteiger partial charge on any atom is 0.410 e. The van der Waals surface area contributed by atoms with E-state index < -0.39 is 11.6 Å². The monoisotopic (exact) mass is 368 g/mol. The highest BCUT2D eigenvalue weighted by molar-refractivity contribution is 5.83. The van der Waals surface area contributed by atoms with Crippen molar-refractivity contribution in [3.63, 3.8) is 0 Å². The van der Waals surface area contributed by atoms with Crippen LogP contribution in [0, 0.1) is 11.8 Å². The quantitative estimate of drug-likeness (QED) is 0.806. The first-order chi connectivity index (χ1) is 12.2. The highest BCUT2D eigenvalue weighted by atomic mass is 16.6. The van der Waals surface area contributed by atoms with Crippen LogP contribution in [0.5, 0.6) is 0 Å². The molecule has 2 aliphatic heterocycles. The van der Waals surface area contributed by atoms with Crippen LogP contribution in [0.15, 0.2) is 0 Å². The zero-order chi connectivity index (χ0) is 19.3. The fourth-order valence-electron chi connectivity index (χ4n) is 3.78. The average molecular weight is 368 g/mol. The lowest BCUT2D eigenvalue weighted by molar-refractivity contribution is -0.148. The Morgan fingerprint density at radius 2 is 1.77 bits per heavy atom. The molecule has 0 unspecified atom stereocenters. The molecule has 2 saturated heterocycles. The molecule has 148 valence electrons. The van der Waals surface area contributed by atoms with Crippen molar-refractivity contribution in [3.05, 3.63) is 0 Å². The van der Waals surface area contributed by atoms with E-state index >= 15 is 0 Å². The van der Waals surface area contributed by atoms with Crippen LogP contribution in [0.4, 0.5) is 4.79 Å². The molecule has 2 amide bonds. The second-order valence-corrected chi connectivity index (χ2v) is 8.48. The number of piperidine rings is 2. The van der Waals surface area contributed by atoms with E-state index in [0.717, 1.165) is 38.5 Å². The number of rotatable bonds is 5. The fourth-order valence-corrected chi connectivity index (χ4v) is 3.78. The van der Waals surface area contributed by atoms with E-state index in [2.05, 4.69) is 0 Å². The molecule has 2 heterocycles. The first-order valence-corrected chi connectivity index (χ1v) is 9.64. The van der Waals surface area contributed by atoms with Crippen molar-refractivity contribution in [1.82, 2.24) is 9.80 Å². The summed E-state index contributed by atoms with van der Waals surface area (Å²) < 4.78 is 5.41. The molecule has 2 fully saturated rings. The predicted molar refractivity (Wildman–Crippen MR) is 96.7 cm³/mol. The Bertz CT molecular complexity index is 521. The van der Waals surface area contributed by atoms with Crippen molar-refractivity contribution >= 4 is 18.0 Å². The zero-order valence-corrected chi connectivity index (χ0v) is 16.2. The molecule has 7 nitrogen and oxygen atoms in total. The van der Waals surface area contributed by atoms with Crippen LogP contribution in [0.2, 0.25) is 0 Å². The Kier molecular flexibility index (Phi) is 6.89. The number of carbonyl (C=O) groups excluding carboxylic acids is 2. The van der Waals surface area contributed by atoms with Gasteiger partial charge in [0.2, 0.25) is 5.91 Å². The molecule has 2 aliphatic rings. The lowest BCUT2D eigenvalue weighted by Gasteiger charge is -2.35. The van der Waals surface area contributed by atoms with Crippen LogP contribution in [0.1, 0.15) is 59.3 Å². The Labute approximate surface area is 155 Å². The van der Waals surface area contributed by atoms with Crippen molar-refractivity contribution in [2.75, 3.05) is 26.2 Å². The first-order valence-electron chi connectivity index (χ1n) is 9.64. The SMILES string of the molecule is CC(C)(C)OC(=O)N1CCC(CC[C@@H]2CCCN(CC(=O)O)C2=O)CC1. The third kappa shape index (κ3) is 6.18. The van der Waals surface area contributed by atoms with Crippen molar-refractivity contribution < 1.29 is 24.2 Å². The van der Waals surface area contributed by atoms with E-state index in [1.54, 1.807) is 4.90 Å². The van der Waals surface area contributed by atoms with Gasteiger partial charge in [-0.15, -0.1) is 0 Å². The second-order valence-electron chi connectivity index (χ2n) is 8.48. The molecule has 26 heavy (non-hydrogen) atoms. The van der Waals surface area contributed by atoms with Gasteiger partial charge in [-0.3, -0.25) is 9.59 Å². The van der Waals surface area contributed by atoms with Gasteiger partial charge in [0.1, 0.15) is 12.1 Å². The van der Waals surface area contributed by atoms with E-state index in [4.69, 9.17) is 9.84 Å². The summed E-state index contributed by atoms with van der Waals surface area (Å²) in [4.78, 5) is 38.6. The van der Waals surface area contributed by atoms with E-state index in [-0.39, 0.29) is 24.5 Å². The minimum Gasteiger partial charge on any atom is -0.480 e. The summed E-state index contributed by atoms with van der Waals surface area (Å²) >= 11 is 0. The molecular formula is C19H32N2O5. The van der Waals surface area contributed by atoms with E-state index in [9.17, 15) is 14.4 Å². The maximum atomic E-state index is 12.4. The summed E-state index contributed by atoms with van der Waals surface area (Å²) in [5.74, 6) is -0.498. The van der Waals surface area contributed by atoms with Crippen molar-refractivity contribution in [2.24, 2.45) is 11.8 Å². The van der Waals surface area contributed by atoms with Gasteiger partial charge in [0.15, 0.2) is 0 Å². The highest BCUT2D eigenvalue weighted by Gasteiger charge is 2.31. The molecule has 0 radical (unpaired) electrons. The molecule has 7 heteroatoms. The lowest BCUT2D eigenvalue weighted by atomic mass is 9.85. The molecule has 0 saturated carbocycles. The minimum absolute atomic E-state index is 0.00941. The number of hydrogen-bond donors (Lipinski definition) is 1. The second kappa shape index (κ2) is 8.73. The molecule has 0 aromatic heterocycles. The Morgan fingerprint density at radius 3 is 2.35 bits per heavy atom. The molecule has 0 spiro atoms. The summed E-state index contributed by atoms with van der Waals surface area (Å²) in [6.07, 6.45) is 5.11. The first kappa shape index (κ1) is 20.5. The van der Waals surface area contributed by atoms with Crippen LogP contribution in [-0.4, -0.2) is 64.7 Å². The van der Waals surface area contributed by atoms with Gasteiger partial charge in [-0.1, -0.05) is 0 Å². The predicted octanol–water partition coefficient (Wildman–Crippen LogP) is 2.74. The number of aliphatic carboxylic acids is 1. The van der Waals surface area contributed by atoms with Gasteiger partial charge >= 0.3 is 12.1 Å². The Hall–Kier alpha value is -1.79. The van der Waals surface area contributed by atoms with Gasteiger partial charge in [0.05, 0.1) is 0 Å². The number of amides is 2. The van der Waals surface area contributed by atoms with Gasteiger partial charge < -0.3 is 19.6 Å². The minimum atomic E-state index is -0.950. The standard InChI is InChI=1S/C19H32N2O5/c1-19(2,3)26-18(25)20-11-8-14(9-12-20)6-7-15-5-4-10-21(17(15)24)13-16(22)23/h14-15H,4-13H2,1-3H3,(H,22,23)/t15-/m0/s1. The average Bonchev–Trinajstić information content (AvgIpc) is 2.54. The van der Waals surface area contributed by atoms with E-state index in [1.165, 1.54) is 4.90 Å². The summed E-state index contributed by atoms with van der Waals surface area (Å²) in [5.41, 5.74) is -0.475. The summed E-state index contributed by atoms with van der Waals surface area (Å²) in [7, 11) is 0. The molecule has 1 atom stereocenters. The highest BCUT2D eigenvalue weighted by Crippen LogP contribution is 2.29. The van der Waals surface area contributed by atoms with Crippen LogP contribution in [0.3, 0.4) is 0 Å². The molecule has 0 aromatic carbocycles. The topological polar surface area (TPSA) is 87.2 Å². The molecule has 1 N–H and O–H groups in total. The van der Waals surface area contributed by atoms with Gasteiger partial charge in [-0.25, -0.2) is 4.79 Å². The number of carbonyl (C=O) groups is 3. The molecule has 0 bridgehead atoms. The van der Waals surface area contributed by atoms with Gasteiger partial charge in [0, 0.05) is 25.6 Å². The van der Waals surface area contributed by atoms with Crippen molar-refractivity contribution in [2.45, 2.75) is 64.9 Å². The molecule has 0 aliphatic carbocycles. The van der Waals surface area contributed by atoms with E-state index in [0.29, 0.717) is 25.6 Å². The van der Waals surface area contributed by atoms with Crippen LogP contribution < -0.4 is 0 Å². The molecular weight excluding hydrogens is 336 g/mol. The number of ether oxygens (including phenoxy) is 1. The maximum absolute atomic E-state index is 12.4. The molecule has 0 aromatic rings. The normalized spacial score (nSPS) is 22.4. The largest absolute Gasteiger partial charge is 0.480 e. The smallest absolute Gasteiger partial charge is 0.410 e. The fraction of sp³-hybridized carbons (Fsp3) is 0.842. The van der Waals surface area contributed by atoms with Crippen molar-refractivity contribution in [3.8, 4) is 0 Å². The summed E-state index contributed by atoms with van der Waals surface area (Å²) in [6.45, 7) is 7.36. The molecule has 2 rings (SSSR count). The number of nitrogens with zero attached hydrogens (tertiary/aromatic N) is 2. The number of likely N-dealkylation sites (tertiary alicyclic amines) is 2.